The van der Waals surface area contributed by atoms with E-state index in [0.717, 1.165) is 28.2 Å². The number of hydrogen-bond acceptors (Lipinski definition) is 6. The van der Waals surface area contributed by atoms with Crippen molar-refractivity contribution in [1.29, 1.82) is 0 Å². The Balaban J connectivity index is 1.95. The second-order valence-electron chi connectivity index (χ2n) is 4.30. The van der Waals surface area contributed by atoms with Gasteiger partial charge in [-0.05, 0) is 30.3 Å². The standard InChI is InChI=1S/C12H13N3O4S2/c1-21(18,19)14-10-4-2-9(3-5-10)13-8-11-6-7-12(20-11)15(16)17/h2-7,13-14H,8H2,1H3. The molecule has 21 heavy (non-hydrogen) atoms. The molecule has 7 nitrogen and oxygen atoms in total. The summed E-state index contributed by atoms with van der Waals surface area (Å²) in [6.07, 6.45) is 1.09. The molecule has 0 aliphatic heterocycles. The number of benzene rings is 1. The molecule has 0 aliphatic carbocycles. The van der Waals surface area contributed by atoms with Gasteiger partial charge in [-0.25, -0.2) is 8.42 Å². The highest BCUT2D eigenvalue weighted by Crippen LogP contribution is 2.24. The molecule has 2 aromatic rings. The molecule has 0 saturated heterocycles. The SMILES string of the molecule is CS(=O)(=O)Nc1ccc(NCc2ccc([N+](=O)[O-])s2)cc1. The van der Waals surface area contributed by atoms with Gasteiger partial charge >= 0.3 is 5.00 Å². The summed E-state index contributed by atoms with van der Waals surface area (Å²) in [7, 11) is -3.28. The Bertz CT molecular complexity index is 738. The number of thiophene rings is 1. The molecule has 0 bridgehead atoms. The third-order valence-corrected chi connectivity index (χ3v) is 4.13. The summed E-state index contributed by atoms with van der Waals surface area (Å²) in [5.41, 5.74) is 1.28. The van der Waals surface area contributed by atoms with Gasteiger partial charge in [-0.1, -0.05) is 11.3 Å². The minimum atomic E-state index is -3.28. The molecule has 1 aromatic heterocycles. The van der Waals surface area contributed by atoms with Gasteiger partial charge in [-0.2, -0.15) is 0 Å². The van der Waals surface area contributed by atoms with Gasteiger partial charge in [0.1, 0.15) is 0 Å². The minimum absolute atomic E-state index is 0.111. The van der Waals surface area contributed by atoms with E-state index in [-0.39, 0.29) is 5.00 Å². The monoisotopic (exact) mass is 327 g/mol. The van der Waals surface area contributed by atoms with Crippen LogP contribution in [0.5, 0.6) is 0 Å². The topological polar surface area (TPSA) is 101 Å². The van der Waals surface area contributed by atoms with Crippen molar-refractivity contribution in [3.8, 4) is 0 Å². The van der Waals surface area contributed by atoms with E-state index in [1.54, 1.807) is 30.3 Å². The molecule has 0 aliphatic rings. The van der Waals surface area contributed by atoms with E-state index in [2.05, 4.69) is 10.0 Å². The van der Waals surface area contributed by atoms with Crippen LogP contribution in [0.15, 0.2) is 36.4 Å². The fourth-order valence-electron chi connectivity index (χ4n) is 1.62. The summed E-state index contributed by atoms with van der Waals surface area (Å²) < 4.78 is 24.5. The first kappa shape index (κ1) is 15.3. The highest BCUT2D eigenvalue weighted by atomic mass is 32.2. The lowest BCUT2D eigenvalue weighted by molar-refractivity contribution is -0.380. The van der Waals surface area contributed by atoms with E-state index in [1.807, 2.05) is 0 Å². The predicted molar refractivity (Wildman–Crippen MR) is 83.2 cm³/mol. The smallest absolute Gasteiger partial charge is 0.324 e. The van der Waals surface area contributed by atoms with Crippen LogP contribution in [0.1, 0.15) is 4.88 Å². The molecule has 112 valence electrons. The largest absolute Gasteiger partial charge is 0.380 e. The number of nitrogens with one attached hydrogen (secondary N) is 2. The molecule has 1 aromatic carbocycles. The number of sulfonamides is 1. The van der Waals surface area contributed by atoms with Crippen LogP contribution >= 0.6 is 11.3 Å². The van der Waals surface area contributed by atoms with Crippen molar-refractivity contribution in [2.75, 3.05) is 16.3 Å². The van der Waals surface area contributed by atoms with Gasteiger partial charge in [0.2, 0.25) is 10.0 Å². The van der Waals surface area contributed by atoms with E-state index >= 15 is 0 Å². The lowest BCUT2D eigenvalue weighted by Gasteiger charge is -2.07. The first-order valence-electron chi connectivity index (χ1n) is 5.88. The average molecular weight is 327 g/mol. The van der Waals surface area contributed by atoms with Gasteiger partial charge in [0, 0.05) is 28.9 Å². The quantitative estimate of drug-likeness (QED) is 0.627. The first-order chi connectivity index (χ1) is 9.83. The van der Waals surface area contributed by atoms with Gasteiger partial charge in [0.25, 0.3) is 0 Å². The maximum Gasteiger partial charge on any atom is 0.324 e. The zero-order chi connectivity index (χ0) is 15.5. The van der Waals surface area contributed by atoms with Crippen molar-refractivity contribution in [2.45, 2.75) is 6.54 Å². The van der Waals surface area contributed by atoms with Crippen LogP contribution in [0.25, 0.3) is 0 Å². The van der Waals surface area contributed by atoms with E-state index in [4.69, 9.17) is 0 Å². The van der Waals surface area contributed by atoms with Crippen molar-refractivity contribution in [1.82, 2.24) is 0 Å². The van der Waals surface area contributed by atoms with Crippen LogP contribution < -0.4 is 10.0 Å². The molecule has 1 heterocycles. The highest BCUT2D eigenvalue weighted by molar-refractivity contribution is 7.92. The average Bonchev–Trinajstić information content (AvgIpc) is 2.85. The summed E-state index contributed by atoms with van der Waals surface area (Å²) in [5.74, 6) is 0. The third kappa shape index (κ3) is 4.72. The fraction of sp³-hybridized carbons (Fsp3) is 0.167. The summed E-state index contributed by atoms with van der Waals surface area (Å²) in [6, 6.07) is 9.92. The molecule has 2 rings (SSSR count). The number of nitrogens with zero attached hydrogens (tertiary/aromatic N) is 1. The zero-order valence-electron chi connectivity index (χ0n) is 11.1. The van der Waals surface area contributed by atoms with Crippen molar-refractivity contribution in [3.05, 3.63) is 51.4 Å². The summed E-state index contributed by atoms with van der Waals surface area (Å²) >= 11 is 1.12. The van der Waals surface area contributed by atoms with Gasteiger partial charge in [-0.15, -0.1) is 0 Å². The first-order valence-corrected chi connectivity index (χ1v) is 8.59. The molecule has 0 fully saturated rings. The third-order valence-electron chi connectivity index (χ3n) is 2.48. The summed E-state index contributed by atoms with van der Waals surface area (Å²) in [6.45, 7) is 0.470. The van der Waals surface area contributed by atoms with Gasteiger partial charge in [0.15, 0.2) is 0 Å². The molecule has 9 heteroatoms. The van der Waals surface area contributed by atoms with E-state index < -0.39 is 14.9 Å². The van der Waals surface area contributed by atoms with Crippen LogP contribution in [0.3, 0.4) is 0 Å². The normalized spacial score (nSPS) is 11.1. The molecule has 2 N–H and O–H groups in total. The molecule has 0 unspecified atom stereocenters. The Labute approximate surface area is 125 Å². The molecule has 0 radical (unpaired) electrons. The molecule has 0 atom stereocenters. The zero-order valence-corrected chi connectivity index (χ0v) is 12.7. The van der Waals surface area contributed by atoms with Crippen LogP contribution in [0.2, 0.25) is 0 Å². The Kier molecular flexibility index (Phi) is 4.43. The van der Waals surface area contributed by atoms with Crippen molar-refractivity contribution >= 4 is 37.7 Å². The Morgan fingerprint density at radius 1 is 1.14 bits per heavy atom. The van der Waals surface area contributed by atoms with Gasteiger partial charge in [-0.3, -0.25) is 14.8 Å². The van der Waals surface area contributed by atoms with E-state index in [0.29, 0.717) is 12.2 Å². The second-order valence-corrected chi connectivity index (χ2v) is 7.20. The lowest BCUT2D eigenvalue weighted by atomic mass is 10.3. The molecule has 0 saturated carbocycles. The Morgan fingerprint density at radius 2 is 1.76 bits per heavy atom. The Morgan fingerprint density at radius 3 is 2.29 bits per heavy atom. The lowest BCUT2D eigenvalue weighted by Crippen LogP contribution is -2.09. The highest BCUT2D eigenvalue weighted by Gasteiger charge is 2.09. The minimum Gasteiger partial charge on any atom is -0.380 e. The fourth-order valence-corrected chi connectivity index (χ4v) is 2.94. The maximum atomic E-state index is 11.1. The summed E-state index contributed by atoms with van der Waals surface area (Å²) in [5, 5.41) is 13.8. The molecule has 0 amide bonds. The number of hydrogen-bond donors (Lipinski definition) is 2. The van der Waals surface area contributed by atoms with Crippen LogP contribution in [0, 0.1) is 10.1 Å². The molecular weight excluding hydrogens is 314 g/mol. The number of nitro groups is 1. The van der Waals surface area contributed by atoms with E-state index in [1.165, 1.54) is 6.07 Å². The van der Waals surface area contributed by atoms with Crippen molar-refractivity contribution in [3.63, 3.8) is 0 Å². The maximum absolute atomic E-state index is 11.1. The van der Waals surface area contributed by atoms with Crippen LogP contribution in [-0.4, -0.2) is 19.6 Å². The van der Waals surface area contributed by atoms with Gasteiger partial charge < -0.3 is 5.32 Å². The van der Waals surface area contributed by atoms with Gasteiger partial charge in [0.05, 0.1) is 11.2 Å². The molecular formula is C12H13N3O4S2. The van der Waals surface area contributed by atoms with Crippen molar-refractivity contribution < 1.29 is 13.3 Å². The van der Waals surface area contributed by atoms with Crippen LogP contribution in [0.4, 0.5) is 16.4 Å². The summed E-state index contributed by atoms with van der Waals surface area (Å²) in [4.78, 5) is 11.0. The number of anilines is 2. The van der Waals surface area contributed by atoms with Crippen LogP contribution in [-0.2, 0) is 16.6 Å². The Hall–Kier alpha value is -2.13. The predicted octanol–water partition coefficient (Wildman–Crippen LogP) is 2.64. The number of rotatable bonds is 6. The van der Waals surface area contributed by atoms with E-state index in [9.17, 15) is 18.5 Å². The second kappa shape index (κ2) is 6.10. The van der Waals surface area contributed by atoms with Crippen molar-refractivity contribution in [2.24, 2.45) is 0 Å². The molecule has 0 spiro atoms.